The highest BCUT2D eigenvalue weighted by molar-refractivity contribution is 5.99. The van der Waals surface area contributed by atoms with Gasteiger partial charge in [0.1, 0.15) is 36.7 Å². The number of allylic oxidation sites excluding steroid dienone is 4. The van der Waals surface area contributed by atoms with Crippen LogP contribution in [0.2, 0.25) is 0 Å². The fraction of sp³-hybridized carbons (Fsp3) is 0.804. The molecule has 4 fully saturated rings. The van der Waals surface area contributed by atoms with Crippen LogP contribution >= 0.6 is 0 Å². The van der Waals surface area contributed by atoms with E-state index in [1.807, 2.05) is 20.8 Å². The van der Waals surface area contributed by atoms with Crippen molar-refractivity contribution in [1.82, 2.24) is 19.9 Å². The molecule has 1 aromatic heterocycles. The molecule has 1 aromatic rings. The van der Waals surface area contributed by atoms with Gasteiger partial charge < -0.3 is 47.5 Å². The number of cyclic esters (lactones) is 1. The van der Waals surface area contributed by atoms with Gasteiger partial charge in [-0.25, -0.2) is 4.68 Å². The molecule has 17 atom stereocenters. The number of aromatic nitrogens is 3. The van der Waals surface area contributed by atoms with E-state index < -0.39 is 42.6 Å². The third-order valence-electron chi connectivity index (χ3n) is 14.6. The van der Waals surface area contributed by atoms with Crippen molar-refractivity contribution in [3.05, 3.63) is 29.6 Å². The molecule has 4 heterocycles. The monoisotopic (exact) mass is 870 g/mol. The summed E-state index contributed by atoms with van der Waals surface area (Å²) in [5.41, 5.74) is 2.07. The van der Waals surface area contributed by atoms with Crippen molar-refractivity contribution in [2.45, 2.75) is 166 Å². The molecule has 3 saturated heterocycles. The van der Waals surface area contributed by atoms with Gasteiger partial charge in [0.2, 0.25) is 0 Å². The van der Waals surface area contributed by atoms with Gasteiger partial charge in [-0.05, 0) is 103 Å². The zero-order chi connectivity index (χ0) is 44.4. The minimum atomic E-state index is -0.719. The van der Waals surface area contributed by atoms with E-state index in [0.29, 0.717) is 49.4 Å². The van der Waals surface area contributed by atoms with Crippen molar-refractivity contribution in [2.75, 3.05) is 35.4 Å². The number of ketones is 1. The average molecular weight is 871 g/mol. The molecule has 0 bridgehead atoms. The van der Waals surface area contributed by atoms with E-state index in [2.05, 4.69) is 48.4 Å². The first-order valence-corrected chi connectivity index (χ1v) is 22.8. The molecule has 346 valence electrons. The maximum absolute atomic E-state index is 15.1. The Morgan fingerprint density at radius 1 is 0.887 bits per heavy atom. The van der Waals surface area contributed by atoms with Crippen LogP contribution in [-0.2, 0) is 63.6 Å². The first kappa shape index (κ1) is 46.9. The summed E-state index contributed by atoms with van der Waals surface area (Å²) in [5.74, 6) is -1.93. The first-order valence-electron chi connectivity index (χ1n) is 22.8. The number of hydrogen-bond donors (Lipinski definition) is 0. The highest BCUT2D eigenvalue weighted by Gasteiger charge is 2.55. The highest BCUT2D eigenvalue weighted by Crippen LogP contribution is 2.57. The molecule has 16 nitrogen and oxygen atoms in total. The second-order valence-corrected chi connectivity index (χ2v) is 18.6. The highest BCUT2D eigenvalue weighted by atomic mass is 16.7. The second kappa shape index (κ2) is 20.4. The van der Waals surface area contributed by atoms with E-state index in [9.17, 15) is 9.59 Å². The average Bonchev–Trinajstić information content (AvgIpc) is 3.98. The largest absolute Gasteiger partial charge is 0.462 e. The maximum atomic E-state index is 15.1. The number of carbonyl (C=O) groups excluding carboxylic acids is 3. The van der Waals surface area contributed by atoms with E-state index in [4.69, 9.17) is 42.6 Å². The summed E-state index contributed by atoms with van der Waals surface area (Å²) in [6.45, 7) is 9.40. The van der Waals surface area contributed by atoms with Crippen molar-refractivity contribution in [3.8, 4) is 0 Å². The number of likely N-dealkylation sites (N-methyl/N-ethyl adjacent to an activating group) is 1. The Hall–Kier alpha value is -3.09. The maximum Gasteiger partial charge on any atom is 0.306 e. The summed E-state index contributed by atoms with van der Waals surface area (Å²) >= 11 is 0. The van der Waals surface area contributed by atoms with Crippen molar-refractivity contribution >= 4 is 23.4 Å². The lowest BCUT2D eigenvalue weighted by Crippen LogP contribution is -2.59. The third kappa shape index (κ3) is 9.92. The lowest BCUT2D eigenvalue weighted by atomic mass is 9.69. The van der Waals surface area contributed by atoms with Crippen molar-refractivity contribution < 1.29 is 57.0 Å². The van der Waals surface area contributed by atoms with Gasteiger partial charge >= 0.3 is 11.9 Å². The van der Waals surface area contributed by atoms with Crippen molar-refractivity contribution in [3.63, 3.8) is 0 Å². The van der Waals surface area contributed by atoms with Crippen LogP contribution in [0.15, 0.2) is 23.9 Å². The van der Waals surface area contributed by atoms with Gasteiger partial charge in [0.25, 0.3) is 0 Å². The Morgan fingerprint density at radius 3 is 2.32 bits per heavy atom. The molecule has 0 amide bonds. The van der Waals surface area contributed by atoms with Crippen molar-refractivity contribution in [2.24, 2.45) is 35.5 Å². The standard InChI is InChI=1S/C46H70N4O12/c1-11-29-13-12-14-39(62-41-16-15-37(49(6)7)25(3)58-41)24(2)42(53)36-19-32-31-17-30(61-46-45(56-10)44(55-9)43(54-8)26(4)59-46)18-35(31)38(20-33(32)34(36)21-40(52)60-29)50-22-28(47-48-50)23-57-27(5)51/h19-20,22,24-26,29-35,37,39,41,43-46H,11-18,21,23H2,1-10H3/t24-,25?,26?,29+,30+,31+,32+,33-,34+,35-,37+,39+,41+,43+,44?,45+,46+/m1/s1. The summed E-state index contributed by atoms with van der Waals surface area (Å²) in [4.78, 5) is 42.8. The number of methoxy groups -OCH3 is 3. The molecule has 1 saturated carbocycles. The van der Waals surface area contributed by atoms with Gasteiger partial charge in [-0.2, -0.15) is 0 Å². The number of rotatable bonds is 12. The van der Waals surface area contributed by atoms with Gasteiger partial charge in [-0.15, -0.1) is 5.10 Å². The lowest BCUT2D eigenvalue weighted by molar-refractivity contribution is -0.314. The molecule has 3 unspecified atom stereocenters. The van der Waals surface area contributed by atoms with Crippen LogP contribution in [0.5, 0.6) is 0 Å². The minimum absolute atomic E-state index is 0.00241. The van der Waals surface area contributed by atoms with Gasteiger partial charge in [0.15, 0.2) is 18.4 Å². The number of carbonyl (C=O) groups is 3. The van der Waals surface area contributed by atoms with Crippen LogP contribution in [-0.4, -0.2) is 140 Å². The quantitative estimate of drug-likeness (QED) is 0.254. The number of hydrogen-bond acceptors (Lipinski definition) is 15. The SMILES string of the molecule is CC[C@H]1CCC[C@H](O[C@H]2CC[C@H](N(C)C)C(C)O2)[C@@H](C)C(=O)C2=C[C@@H]3[C@@H](C=C(n4cc(COC(C)=O)nn4)[C@@H]4C[C@@H](O[C@@H]5OC(C)[C@H](OC)C(OC)[C@@H]5OC)C[C@@H]34)[C@@H]2CC(=O)O1. The van der Waals surface area contributed by atoms with E-state index in [1.165, 1.54) is 6.92 Å². The summed E-state index contributed by atoms with van der Waals surface area (Å²) < 4.78 is 57.2. The van der Waals surface area contributed by atoms with Crippen LogP contribution in [0.1, 0.15) is 98.1 Å². The Labute approximate surface area is 366 Å². The van der Waals surface area contributed by atoms with Crippen LogP contribution < -0.4 is 0 Å². The van der Waals surface area contributed by atoms with Crippen LogP contribution in [0.25, 0.3) is 5.70 Å². The molecule has 0 radical (unpaired) electrons. The predicted molar refractivity (Wildman–Crippen MR) is 225 cm³/mol. The summed E-state index contributed by atoms with van der Waals surface area (Å²) in [5, 5.41) is 8.88. The third-order valence-corrected chi connectivity index (χ3v) is 14.6. The Bertz CT molecular complexity index is 1780. The second-order valence-electron chi connectivity index (χ2n) is 18.6. The molecule has 0 aromatic carbocycles. The number of esters is 2. The normalized spacial score (nSPS) is 40.3. The lowest BCUT2D eigenvalue weighted by Gasteiger charge is -2.44. The van der Waals surface area contributed by atoms with Crippen molar-refractivity contribution in [1.29, 1.82) is 0 Å². The zero-order valence-corrected chi connectivity index (χ0v) is 38.3. The summed E-state index contributed by atoms with van der Waals surface area (Å²) in [7, 11) is 9.04. The number of ether oxygens (including phenoxy) is 9. The predicted octanol–water partition coefficient (Wildman–Crippen LogP) is 5.13. The number of Topliss-reactive ketones (excluding diaryl/α,β-unsaturated/α-hetero) is 1. The molecule has 3 aliphatic heterocycles. The molecule has 62 heavy (non-hydrogen) atoms. The molecular formula is C46H70N4O12. The molecule has 3 aliphatic carbocycles. The van der Waals surface area contributed by atoms with E-state index in [0.717, 1.165) is 25.0 Å². The molecule has 0 spiro atoms. The molecule has 16 heteroatoms. The minimum Gasteiger partial charge on any atom is -0.462 e. The zero-order valence-electron chi connectivity index (χ0n) is 38.3. The topological polar surface area (TPSA) is 168 Å². The van der Waals surface area contributed by atoms with Gasteiger partial charge in [0.05, 0.1) is 37.0 Å². The van der Waals surface area contributed by atoms with E-state index in [-0.39, 0.29) is 85.1 Å². The van der Waals surface area contributed by atoms with E-state index in [1.54, 1.807) is 32.2 Å². The fourth-order valence-electron chi connectivity index (χ4n) is 11.4. The van der Waals surface area contributed by atoms with Crippen LogP contribution in [0, 0.1) is 35.5 Å². The Balaban J connectivity index is 1.21. The molecular weight excluding hydrogens is 801 g/mol. The van der Waals surface area contributed by atoms with Gasteiger partial charge in [-0.1, -0.05) is 31.2 Å². The van der Waals surface area contributed by atoms with Crippen LogP contribution in [0.3, 0.4) is 0 Å². The number of fused-ring (bicyclic) bond motifs is 5. The molecule has 7 rings (SSSR count). The van der Waals surface area contributed by atoms with E-state index >= 15 is 4.79 Å². The molecule has 0 N–H and O–H groups in total. The summed E-state index contributed by atoms with van der Waals surface area (Å²) in [6.07, 6.45) is 8.36. The first-order chi connectivity index (χ1) is 29.7. The molecule has 6 aliphatic rings. The fourth-order valence-corrected chi connectivity index (χ4v) is 11.4. The Morgan fingerprint density at radius 2 is 1.65 bits per heavy atom. The smallest absolute Gasteiger partial charge is 0.306 e. The summed E-state index contributed by atoms with van der Waals surface area (Å²) in [6, 6.07) is 0.295. The van der Waals surface area contributed by atoms with Gasteiger partial charge in [0, 0.05) is 57.7 Å². The Kier molecular flexibility index (Phi) is 15.4. The number of nitrogens with zero attached hydrogens (tertiary/aromatic N) is 4. The van der Waals surface area contributed by atoms with Gasteiger partial charge in [-0.3, -0.25) is 14.4 Å². The van der Waals surface area contributed by atoms with Crippen LogP contribution in [0.4, 0.5) is 0 Å².